The van der Waals surface area contributed by atoms with Gasteiger partial charge in [0.2, 0.25) is 0 Å². The predicted molar refractivity (Wildman–Crippen MR) is 72.0 cm³/mol. The highest BCUT2D eigenvalue weighted by atomic mass is 19.4. The zero-order valence-corrected chi connectivity index (χ0v) is 11.4. The molecule has 0 radical (unpaired) electrons. The van der Waals surface area contributed by atoms with Gasteiger partial charge < -0.3 is 11.1 Å². The van der Waals surface area contributed by atoms with Gasteiger partial charge >= 0.3 is 6.18 Å². The average Bonchev–Trinajstić information content (AvgIpc) is 2.36. The Kier molecular flexibility index (Phi) is 6.26. The smallest absolute Gasteiger partial charge is 0.382 e. The van der Waals surface area contributed by atoms with Crippen LogP contribution >= 0.6 is 0 Å². The van der Waals surface area contributed by atoms with Crippen LogP contribution in [0.2, 0.25) is 0 Å². The van der Waals surface area contributed by atoms with Crippen molar-refractivity contribution in [3.63, 3.8) is 0 Å². The van der Waals surface area contributed by atoms with Gasteiger partial charge in [-0.1, -0.05) is 13.3 Å². The van der Waals surface area contributed by atoms with Crippen LogP contribution < -0.4 is 11.1 Å². The van der Waals surface area contributed by atoms with Crippen LogP contribution in [0.3, 0.4) is 0 Å². The Morgan fingerprint density at radius 2 is 1.95 bits per heavy atom. The first-order valence-electron chi connectivity index (χ1n) is 6.69. The maximum Gasteiger partial charge on any atom is 0.416 e. The molecule has 2 nitrogen and oxygen atoms in total. The van der Waals surface area contributed by atoms with Crippen LogP contribution in [0.25, 0.3) is 0 Å². The first kappa shape index (κ1) is 16.8. The minimum atomic E-state index is -4.52. The highest BCUT2D eigenvalue weighted by Crippen LogP contribution is 2.31. The summed E-state index contributed by atoms with van der Waals surface area (Å²) in [7, 11) is 0. The number of nitrogens with one attached hydrogen (secondary N) is 1. The van der Waals surface area contributed by atoms with Crippen molar-refractivity contribution in [2.45, 2.75) is 32.4 Å². The summed E-state index contributed by atoms with van der Waals surface area (Å²) in [5.41, 5.74) is 4.61. The minimum Gasteiger partial charge on any atom is -0.382 e. The molecule has 114 valence electrons. The molecular formula is C14H20F4N2. The van der Waals surface area contributed by atoms with Gasteiger partial charge in [0, 0.05) is 6.54 Å². The first-order chi connectivity index (χ1) is 9.38. The van der Waals surface area contributed by atoms with Crippen LogP contribution in [0.5, 0.6) is 0 Å². The molecule has 0 aromatic heterocycles. The number of alkyl halides is 3. The predicted octanol–water partition coefficient (Wildman–Crippen LogP) is 4.02. The molecule has 0 saturated carbocycles. The van der Waals surface area contributed by atoms with Gasteiger partial charge in [-0.3, -0.25) is 0 Å². The third-order valence-corrected chi connectivity index (χ3v) is 3.15. The molecule has 6 heteroatoms. The summed E-state index contributed by atoms with van der Waals surface area (Å²) >= 11 is 0. The molecule has 0 fully saturated rings. The van der Waals surface area contributed by atoms with E-state index in [2.05, 4.69) is 5.32 Å². The summed E-state index contributed by atoms with van der Waals surface area (Å²) in [5, 5.41) is 2.86. The van der Waals surface area contributed by atoms with E-state index in [1.807, 2.05) is 6.92 Å². The van der Waals surface area contributed by atoms with E-state index in [1.54, 1.807) is 0 Å². The first-order valence-corrected chi connectivity index (χ1v) is 6.69. The van der Waals surface area contributed by atoms with Crippen molar-refractivity contribution < 1.29 is 17.6 Å². The van der Waals surface area contributed by atoms with Crippen LogP contribution in [0.1, 0.15) is 31.7 Å². The van der Waals surface area contributed by atoms with Crippen molar-refractivity contribution in [3.8, 4) is 0 Å². The molecule has 1 rings (SSSR count). The summed E-state index contributed by atoms with van der Waals surface area (Å²) in [4.78, 5) is 0. The third-order valence-electron chi connectivity index (χ3n) is 3.15. The van der Waals surface area contributed by atoms with Crippen molar-refractivity contribution in [1.82, 2.24) is 0 Å². The van der Waals surface area contributed by atoms with Crippen LogP contribution in [0.4, 0.5) is 23.2 Å². The second kappa shape index (κ2) is 7.47. The minimum absolute atomic E-state index is 0.0936. The van der Waals surface area contributed by atoms with E-state index >= 15 is 0 Å². The Labute approximate surface area is 116 Å². The van der Waals surface area contributed by atoms with E-state index in [0.717, 1.165) is 31.4 Å². The SMILES string of the molecule is CCCC(CCN)CNc1ccc(C(F)(F)F)cc1F. The van der Waals surface area contributed by atoms with E-state index in [0.29, 0.717) is 25.1 Å². The Bertz CT molecular complexity index is 412. The maximum absolute atomic E-state index is 13.6. The van der Waals surface area contributed by atoms with Crippen LogP contribution in [0.15, 0.2) is 18.2 Å². The molecule has 0 aliphatic rings. The van der Waals surface area contributed by atoms with Crippen molar-refractivity contribution in [3.05, 3.63) is 29.6 Å². The number of nitrogens with two attached hydrogens (primary N) is 1. The highest BCUT2D eigenvalue weighted by Gasteiger charge is 2.31. The monoisotopic (exact) mass is 292 g/mol. The number of halogens is 4. The molecule has 3 N–H and O–H groups in total. The van der Waals surface area contributed by atoms with Crippen molar-refractivity contribution >= 4 is 5.69 Å². The van der Waals surface area contributed by atoms with E-state index in [-0.39, 0.29) is 5.69 Å². The molecule has 0 saturated heterocycles. The van der Waals surface area contributed by atoms with E-state index < -0.39 is 17.6 Å². The lowest BCUT2D eigenvalue weighted by Gasteiger charge is -2.17. The third kappa shape index (κ3) is 5.00. The van der Waals surface area contributed by atoms with Crippen molar-refractivity contribution in [2.75, 3.05) is 18.4 Å². The fourth-order valence-corrected chi connectivity index (χ4v) is 2.08. The van der Waals surface area contributed by atoms with Gasteiger partial charge in [0.15, 0.2) is 0 Å². The number of hydrogen-bond acceptors (Lipinski definition) is 2. The Morgan fingerprint density at radius 3 is 2.45 bits per heavy atom. The topological polar surface area (TPSA) is 38.0 Å². The number of anilines is 1. The Hall–Kier alpha value is -1.30. The molecule has 0 spiro atoms. The zero-order chi connectivity index (χ0) is 15.2. The second-order valence-corrected chi connectivity index (χ2v) is 4.81. The van der Waals surface area contributed by atoms with Gasteiger partial charge in [0.05, 0.1) is 11.3 Å². The van der Waals surface area contributed by atoms with Gasteiger partial charge in [-0.15, -0.1) is 0 Å². The quantitative estimate of drug-likeness (QED) is 0.745. The largest absolute Gasteiger partial charge is 0.416 e. The van der Waals surface area contributed by atoms with Gasteiger partial charge in [-0.05, 0) is 43.5 Å². The van der Waals surface area contributed by atoms with E-state index in [4.69, 9.17) is 5.73 Å². The fraction of sp³-hybridized carbons (Fsp3) is 0.571. The molecule has 0 heterocycles. The summed E-state index contributed by atoms with van der Waals surface area (Å²) in [6, 6.07) is 2.52. The van der Waals surface area contributed by atoms with Gasteiger partial charge in [-0.25, -0.2) is 4.39 Å². The average molecular weight is 292 g/mol. The molecule has 0 aliphatic heterocycles. The highest BCUT2D eigenvalue weighted by molar-refractivity contribution is 5.46. The molecule has 1 aromatic carbocycles. The lowest BCUT2D eigenvalue weighted by atomic mass is 10.00. The lowest BCUT2D eigenvalue weighted by molar-refractivity contribution is -0.137. The number of benzene rings is 1. The standard InChI is InChI=1S/C14H20F4N2/c1-2-3-10(6-7-19)9-20-13-5-4-11(8-12(13)15)14(16,17)18/h4-5,8,10,20H,2-3,6-7,9,19H2,1H3. The van der Waals surface area contributed by atoms with Crippen LogP contribution in [-0.4, -0.2) is 13.1 Å². The Morgan fingerprint density at radius 1 is 1.25 bits per heavy atom. The molecule has 1 unspecified atom stereocenters. The molecule has 20 heavy (non-hydrogen) atoms. The summed E-state index contributed by atoms with van der Waals surface area (Å²) in [6.45, 7) is 3.09. The van der Waals surface area contributed by atoms with Gasteiger partial charge in [0.25, 0.3) is 0 Å². The van der Waals surface area contributed by atoms with E-state index in [1.165, 1.54) is 0 Å². The van der Waals surface area contributed by atoms with E-state index in [9.17, 15) is 17.6 Å². The summed E-state index contributed by atoms with van der Waals surface area (Å²) in [6.07, 6.45) is -1.78. The molecular weight excluding hydrogens is 272 g/mol. The summed E-state index contributed by atoms with van der Waals surface area (Å²) in [5.74, 6) is -0.588. The molecule has 0 aliphatic carbocycles. The Balaban J connectivity index is 2.68. The molecule has 0 bridgehead atoms. The van der Waals surface area contributed by atoms with Crippen LogP contribution in [0, 0.1) is 11.7 Å². The molecule has 0 amide bonds. The van der Waals surface area contributed by atoms with Crippen molar-refractivity contribution in [2.24, 2.45) is 11.7 Å². The molecule has 1 aromatic rings. The lowest BCUT2D eigenvalue weighted by Crippen LogP contribution is -2.18. The zero-order valence-electron chi connectivity index (χ0n) is 11.4. The molecule has 1 atom stereocenters. The number of rotatable bonds is 7. The number of hydrogen-bond donors (Lipinski definition) is 2. The van der Waals surface area contributed by atoms with Crippen molar-refractivity contribution in [1.29, 1.82) is 0 Å². The van der Waals surface area contributed by atoms with Crippen LogP contribution in [-0.2, 0) is 6.18 Å². The normalized spacial score (nSPS) is 13.3. The van der Waals surface area contributed by atoms with Gasteiger partial charge in [-0.2, -0.15) is 13.2 Å². The second-order valence-electron chi connectivity index (χ2n) is 4.81. The fourth-order valence-electron chi connectivity index (χ4n) is 2.08. The van der Waals surface area contributed by atoms with Gasteiger partial charge in [0.1, 0.15) is 5.82 Å². The maximum atomic E-state index is 13.6. The summed E-state index contributed by atoms with van der Waals surface area (Å²) < 4.78 is 50.9.